The molecule has 0 radical (unpaired) electrons. The second kappa shape index (κ2) is 7.47. The molecule has 3 aromatic heterocycles. The van der Waals surface area contributed by atoms with Gasteiger partial charge in [0.25, 0.3) is 0 Å². The number of carbonyl (C=O) groups is 1. The summed E-state index contributed by atoms with van der Waals surface area (Å²) in [4.78, 5) is 35.1. The number of aromatic nitrogens is 5. The summed E-state index contributed by atoms with van der Waals surface area (Å²) in [6.45, 7) is 2.91. The zero-order valence-electron chi connectivity index (χ0n) is 19.4. The van der Waals surface area contributed by atoms with Gasteiger partial charge in [0.1, 0.15) is 28.6 Å². The first-order valence-electron chi connectivity index (χ1n) is 11.3. The Morgan fingerprint density at radius 1 is 1.23 bits per heavy atom. The van der Waals surface area contributed by atoms with E-state index in [4.69, 9.17) is 15.5 Å². The van der Waals surface area contributed by atoms with Gasteiger partial charge < -0.3 is 31.0 Å². The predicted molar refractivity (Wildman–Crippen MR) is 128 cm³/mol. The van der Waals surface area contributed by atoms with Crippen LogP contribution in [0.1, 0.15) is 5.82 Å². The van der Waals surface area contributed by atoms with Crippen LogP contribution in [0, 0.1) is 24.6 Å². The lowest BCUT2D eigenvalue weighted by atomic mass is 10.1. The van der Waals surface area contributed by atoms with Crippen molar-refractivity contribution in [3.63, 3.8) is 0 Å². The van der Waals surface area contributed by atoms with Crippen LogP contribution < -0.4 is 26.0 Å². The monoisotopic (exact) mass is 477 g/mol. The molecule has 1 amide bonds. The zero-order valence-corrected chi connectivity index (χ0v) is 19.4. The van der Waals surface area contributed by atoms with Crippen LogP contribution in [0.3, 0.4) is 0 Å². The summed E-state index contributed by atoms with van der Waals surface area (Å²) >= 11 is 0. The van der Waals surface area contributed by atoms with E-state index in [2.05, 4.69) is 35.5 Å². The Morgan fingerprint density at radius 2 is 1.94 bits per heavy atom. The van der Waals surface area contributed by atoms with Crippen LogP contribution in [0.25, 0.3) is 21.9 Å². The molecule has 2 fully saturated rings. The number of nitrogens with two attached hydrogens (primary N) is 1. The van der Waals surface area contributed by atoms with Crippen LogP contribution in [-0.2, 0) is 4.79 Å². The summed E-state index contributed by atoms with van der Waals surface area (Å²) in [6.07, 6.45) is 3.10. The number of fused-ring (bicyclic) bond motifs is 4. The van der Waals surface area contributed by atoms with E-state index in [-0.39, 0.29) is 29.6 Å². The molecule has 0 bridgehead atoms. The van der Waals surface area contributed by atoms with Gasteiger partial charge in [-0.05, 0) is 26.1 Å². The first-order valence-corrected chi connectivity index (χ1v) is 11.3. The third-order valence-electron chi connectivity index (χ3n) is 7.22. The fourth-order valence-electron chi connectivity index (χ4n) is 5.50. The summed E-state index contributed by atoms with van der Waals surface area (Å²) in [5.74, 6) is 0.992. The van der Waals surface area contributed by atoms with Crippen molar-refractivity contribution in [1.29, 1.82) is 0 Å². The van der Waals surface area contributed by atoms with Crippen molar-refractivity contribution in [1.82, 2.24) is 30.2 Å². The van der Waals surface area contributed by atoms with Gasteiger partial charge in [0.2, 0.25) is 5.91 Å². The van der Waals surface area contributed by atoms with Gasteiger partial charge in [-0.3, -0.25) is 4.79 Å². The van der Waals surface area contributed by atoms with Gasteiger partial charge >= 0.3 is 6.01 Å². The number of carbonyl (C=O) groups excluding carboxylic acids is 1. The third kappa shape index (κ3) is 3.09. The number of benzene rings is 1. The molecule has 1 aliphatic carbocycles. The average Bonchev–Trinajstić information content (AvgIpc) is 3.11. The highest BCUT2D eigenvalue weighted by Gasteiger charge is 2.71. The second-order valence-electron chi connectivity index (χ2n) is 8.97. The largest absolute Gasteiger partial charge is 0.421 e. The van der Waals surface area contributed by atoms with Crippen molar-refractivity contribution >= 4 is 39.3 Å². The molecule has 1 aromatic carbocycles. The van der Waals surface area contributed by atoms with Crippen LogP contribution in [0.15, 0.2) is 24.5 Å². The van der Waals surface area contributed by atoms with Crippen molar-refractivity contribution in [2.75, 3.05) is 37.4 Å². The highest BCUT2D eigenvalue weighted by molar-refractivity contribution is 6.14. The summed E-state index contributed by atoms with van der Waals surface area (Å²) in [5.41, 5.74) is 6.82. The van der Waals surface area contributed by atoms with Crippen molar-refractivity contribution in [3.05, 3.63) is 36.2 Å². The molecular weight excluding hydrogens is 453 g/mol. The van der Waals surface area contributed by atoms with E-state index in [0.717, 1.165) is 0 Å². The average molecular weight is 478 g/mol. The Hall–Kier alpha value is -4.06. The number of hydrogen-bond acceptors (Lipinski definition) is 9. The quantitative estimate of drug-likeness (QED) is 0.326. The molecule has 180 valence electrons. The summed E-state index contributed by atoms with van der Waals surface area (Å²) in [5, 5.41) is 7.48. The topological polar surface area (TPSA) is 147 Å². The number of hydrogen-bond donors (Lipinski definition) is 4. The van der Waals surface area contributed by atoms with Gasteiger partial charge in [-0.1, -0.05) is 0 Å². The highest BCUT2D eigenvalue weighted by Crippen LogP contribution is 2.56. The minimum absolute atomic E-state index is 0.0553. The number of rotatable bonds is 6. The normalized spacial score (nSPS) is 23.0. The molecule has 4 heterocycles. The Morgan fingerprint density at radius 3 is 2.57 bits per heavy atom. The number of amides is 1. The number of aromatic amines is 1. The molecule has 6 rings (SSSR count). The number of anilines is 2. The highest BCUT2D eigenvalue weighted by atomic mass is 19.1. The lowest BCUT2D eigenvalue weighted by Gasteiger charge is -2.26. The van der Waals surface area contributed by atoms with Crippen LogP contribution in [0.2, 0.25) is 0 Å². The molecule has 2 aliphatic rings. The number of halogens is 1. The van der Waals surface area contributed by atoms with Gasteiger partial charge in [0.05, 0.1) is 29.0 Å². The van der Waals surface area contributed by atoms with Crippen molar-refractivity contribution in [2.24, 2.45) is 17.6 Å². The fraction of sp³-hybridized carbons (Fsp3) is 0.348. The molecule has 11 nitrogen and oxygen atoms in total. The van der Waals surface area contributed by atoms with Crippen LogP contribution in [0.5, 0.6) is 11.8 Å². The Bertz CT molecular complexity index is 1470. The maximum Gasteiger partial charge on any atom is 0.326 e. The van der Waals surface area contributed by atoms with E-state index in [0.29, 0.717) is 58.1 Å². The first kappa shape index (κ1) is 21.5. The molecule has 0 spiro atoms. The standard InChI is InChI=1S/C23H24FN9O2/c1-10-28-6-12(7-29-10)35-22-31-19-17(13-4-11(24)5-16(26-2)18(13)30-19)20(32-22)33-8-14-15(9-33)23(14,27-3)21(25)34/h4-7,14-15,26-27H,8-9H2,1-3H3,(H2,25,34)(H,30,31,32). The lowest BCUT2D eigenvalue weighted by molar-refractivity contribution is -0.121. The summed E-state index contributed by atoms with van der Waals surface area (Å²) in [6, 6.07) is 2.99. The Balaban J connectivity index is 1.48. The van der Waals surface area contributed by atoms with E-state index in [1.165, 1.54) is 12.1 Å². The molecule has 35 heavy (non-hydrogen) atoms. The predicted octanol–water partition coefficient (Wildman–Crippen LogP) is 1.69. The van der Waals surface area contributed by atoms with Gasteiger partial charge in [0.15, 0.2) is 5.75 Å². The number of nitrogens with zero attached hydrogens (tertiary/aromatic N) is 5. The summed E-state index contributed by atoms with van der Waals surface area (Å²) in [7, 11) is 3.49. The molecule has 2 unspecified atom stereocenters. The zero-order chi connectivity index (χ0) is 24.5. The maximum atomic E-state index is 14.5. The SMILES string of the molecule is CNc1cc(F)cc2c1[nH]c1nc(Oc3cnc(C)nc3)nc(N3CC4C(C3)C4(NC)C(N)=O)c12. The molecule has 1 saturated carbocycles. The number of ether oxygens (including phenoxy) is 1. The van der Waals surface area contributed by atoms with E-state index in [9.17, 15) is 9.18 Å². The van der Waals surface area contributed by atoms with Gasteiger partial charge in [-0.2, -0.15) is 9.97 Å². The molecular formula is C23H24FN9O2. The molecule has 1 saturated heterocycles. The van der Waals surface area contributed by atoms with E-state index in [1.54, 1.807) is 33.4 Å². The number of piperidine rings is 1. The van der Waals surface area contributed by atoms with E-state index in [1.807, 2.05) is 0 Å². The second-order valence-corrected chi connectivity index (χ2v) is 8.97. The van der Waals surface area contributed by atoms with Crippen molar-refractivity contribution < 1.29 is 13.9 Å². The molecule has 2 atom stereocenters. The van der Waals surface area contributed by atoms with Crippen molar-refractivity contribution in [3.8, 4) is 11.8 Å². The Labute approximate surface area is 199 Å². The molecule has 12 heteroatoms. The number of aryl methyl sites for hydroxylation is 1. The number of nitrogens with one attached hydrogen (secondary N) is 3. The maximum absolute atomic E-state index is 14.5. The van der Waals surface area contributed by atoms with Crippen LogP contribution in [-0.4, -0.2) is 63.6 Å². The first-order chi connectivity index (χ1) is 16.8. The van der Waals surface area contributed by atoms with Crippen LogP contribution in [0.4, 0.5) is 15.9 Å². The minimum atomic E-state index is -0.702. The molecule has 1 aliphatic heterocycles. The lowest BCUT2D eigenvalue weighted by Crippen LogP contribution is -2.49. The molecule has 4 aromatic rings. The van der Waals surface area contributed by atoms with E-state index >= 15 is 0 Å². The van der Waals surface area contributed by atoms with E-state index < -0.39 is 5.54 Å². The van der Waals surface area contributed by atoms with Gasteiger partial charge in [0, 0.05) is 37.4 Å². The number of primary amides is 1. The van der Waals surface area contributed by atoms with Gasteiger partial charge in [-0.25, -0.2) is 14.4 Å². The minimum Gasteiger partial charge on any atom is -0.421 e. The van der Waals surface area contributed by atoms with Crippen LogP contribution >= 0.6 is 0 Å². The Kier molecular flexibility index (Phi) is 4.58. The smallest absolute Gasteiger partial charge is 0.326 e. The van der Waals surface area contributed by atoms with Gasteiger partial charge in [-0.15, -0.1) is 0 Å². The molecule has 5 N–H and O–H groups in total. The third-order valence-corrected chi connectivity index (χ3v) is 7.22. The summed E-state index contributed by atoms with van der Waals surface area (Å²) < 4.78 is 20.4. The fourth-order valence-corrected chi connectivity index (χ4v) is 5.50. The number of H-pyrrole nitrogens is 1. The number of likely N-dealkylation sites (N-methyl/N-ethyl adjacent to an activating group) is 1. The van der Waals surface area contributed by atoms with Crippen molar-refractivity contribution in [2.45, 2.75) is 12.5 Å².